The number of fused-ring (bicyclic) bond motifs is 6. The maximum Gasteiger partial charge on any atom is -0.171 e. The monoisotopic (exact) mass is 816 g/mol. The van der Waals surface area contributed by atoms with E-state index in [2.05, 4.69) is 148 Å². The van der Waals surface area contributed by atoms with Gasteiger partial charge < -0.3 is 7.43 Å². The third kappa shape index (κ3) is 8.43. The van der Waals surface area contributed by atoms with Gasteiger partial charge in [-0.3, -0.25) is 6.08 Å². The first-order valence-electron chi connectivity index (χ1n) is 18.7. The van der Waals surface area contributed by atoms with E-state index in [1.165, 1.54) is 66.6 Å². The summed E-state index contributed by atoms with van der Waals surface area (Å²) < 4.78 is 3.34. The van der Waals surface area contributed by atoms with Gasteiger partial charge in [0.2, 0.25) is 0 Å². The van der Waals surface area contributed by atoms with Gasteiger partial charge in [0.05, 0.1) is 0 Å². The van der Waals surface area contributed by atoms with Crippen LogP contribution in [0, 0.1) is 64.4 Å². The van der Waals surface area contributed by atoms with Crippen LogP contribution in [0.25, 0.3) is 5.57 Å². The molecule has 5 aliphatic rings. The molecule has 3 unspecified atom stereocenters. The average Bonchev–Trinajstić information content (AvgIpc) is 3.72. The van der Waals surface area contributed by atoms with Crippen LogP contribution in [0.4, 0.5) is 0 Å². The van der Waals surface area contributed by atoms with Crippen molar-refractivity contribution in [3.8, 4) is 0 Å². The smallest absolute Gasteiger partial charge is 0.171 e. The Bertz CT molecular complexity index is 1600. The molecule has 1 saturated carbocycles. The summed E-state index contributed by atoms with van der Waals surface area (Å²) >= 11 is 1.30. The Morgan fingerprint density at radius 2 is 1.52 bits per heavy atom. The summed E-state index contributed by atoms with van der Waals surface area (Å²) in [7, 11) is 0. The first-order valence-corrected chi connectivity index (χ1v) is 20.4. The van der Waals surface area contributed by atoms with E-state index in [4.69, 9.17) is 0 Å². The van der Waals surface area contributed by atoms with Gasteiger partial charge in [-0.15, -0.1) is 31.7 Å². The van der Waals surface area contributed by atoms with Crippen LogP contribution in [-0.2, 0) is 30.7 Å². The van der Waals surface area contributed by atoms with E-state index in [1.54, 1.807) is 28.2 Å². The van der Waals surface area contributed by atoms with Crippen LogP contribution >= 0.6 is 24.8 Å². The molecule has 52 heavy (non-hydrogen) atoms. The Morgan fingerprint density at radius 1 is 0.904 bits per heavy atom. The minimum absolute atomic E-state index is 0. The minimum atomic E-state index is 0. The minimum Gasteiger partial charge on any atom is -0.358 e. The average molecular weight is 819 g/mol. The SMILES string of the molecule is CCCC1[C-]=CC(C(C)(C)C)=C1.C[C-]1C2=C3Cc4ccccc4C3=C3C=CCCC3C2(C)C(C)(C)C(C)(C)C1(C)C.Cl.Cl.[CH2]=[Zr].[CH3-].[c-]1ccccc1. The number of rotatable bonds is 2. The molecule has 0 spiro atoms. The quantitative estimate of drug-likeness (QED) is 0.265. The van der Waals surface area contributed by atoms with Crippen molar-refractivity contribution in [3.63, 3.8) is 0 Å². The molecule has 3 heteroatoms. The van der Waals surface area contributed by atoms with Gasteiger partial charge in [-0.25, -0.2) is 12.0 Å². The zero-order valence-corrected chi connectivity index (χ0v) is 38.8. The van der Waals surface area contributed by atoms with E-state index in [0.29, 0.717) is 17.3 Å². The van der Waals surface area contributed by atoms with Crippen LogP contribution in [-0.4, -0.2) is 4.21 Å². The van der Waals surface area contributed by atoms with Crippen molar-refractivity contribution in [1.82, 2.24) is 0 Å². The number of hydrogen-bond donors (Lipinski definition) is 0. The molecule has 7 rings (SSSR count). The van der Waals surface area contributed by atoms with Gasteiger partial charge in [0.25, 0.3) is 0 Å². The fraction of sp³-hybridized carbons (Fsp3) is 0.490. The summed E-state index contributed by atoms with van der Waals surface area (Å²) in [4.78, 5) is 0. The molecule has 1 fully saturated rings. The van der Waals surface area contributed by atoms with E-state index in [0.717, 1.165) is 6.42 Å². The van der Waals surface area contributed by atoms with Gasteiger partial charge in [0, 0.05) is 0 Å². The number of allylic oxidation sites excluding steroid dienone is 10. The van der Waals surface area contributed by atoms with E-state index < -0.39 is 0 Å². The first kappa shape index (κ1) is 48.4. The second kappa shape index (κ2) is 18.8. The molecule has 0 bridgehead atoms. The second-order valence-electron chi connectivity index (χ2n) is 17.4. The van der Waals surface area contributed by atoms with Crippen molar-refractivity contribution in [3.05, 3.63) is 138 Å². The van der Waals surface area contributed by atoms with Crippen molar-refractivity contribution >= 4 is 34.6 Å². The summed E-state index contributed by atoms with van der Waals surface area (Å²) in [5, 5.41) is 0. The Balaban J connectivity index is 0.000000490. The fourth-order valence-electron chi connectivity index (χ4n) is 9.36. The predicted octanol–water partition coefficient (Wildman–Crippen LogP) is 14.5. The molecule has 5 aliphatic carbocycles. The number of benzene rings is 2. The normalized spacial score (nSPS) is 24.8. The van der Waals surface area contributed by atoms with Crippen molar-refractivity contribution in [2.45, 2.75) is 115 Å². The summed E-state index contributed by atoms with van der Waals surface area (Å²) in [6.45, 7) is 29.3. The van der Waals surface area contributed by atoms with E-state index in [-0.39, 0.29) is 53.9 Å². The molecule has 0 aromatic heterocycles. The maximum atomic E-state index is 3.40. The molecule has 286 valence electrons. The van der Waals surface area contributed by atoms with Crippen LogP contribution in [0.3, 0.4) is 0 Å². The first-order chi connectivity index (χ1) is 23.0. The van der Waals surface area contributed by atoms with Crippen molar-refractivity contribution in [2.75, 3.05) is 0 Å². The molecule has 3 atom stereocenters. The summed E-state index contributed by atoms with van der Waals surface area (Å²) in [5.41, 5.74) is 12.0. The zero-order valence-electron chi connectivity index (χ0n) is 34.7. The number of halogens is 2. The molecule has 0 heterocycles. The number of hydrogen-bond acceptors (Lipinski definition) is 0. The molecular formula is C49H68Cl2Zr-4. The van der Waals surface area contributed by atoms with Crippen molar-refractivity contribution < 1.29 is 24.2 Å². The van der Waals surface area contributed by atoms with Crippen LogP contribution in [0.2, 0.25) is 0 Å². The predicted molar refractivity (Wildman–Crippen MR) is 231 cm³/mol. The molecule has 0 aliphatic heterocycles. The molecule has 0 nitrogen and oxygen atoms in total. The van der Waals surface area contributed by atoms with Gasteiger partial charge >= 0.3 is 28.4 Å². The van der Waals surface area contributed by atoms with Gasteiger partial charge in [-0.1, -0.05) is 165 Å². The Hall–Kier alpha value is -1.66. The molecule has 2 aromatic carbocycles. The molecular weight excluding hydrogens is 751 g/mol. The summed E-state index contributed by atoms with van der Waals surface area (Å²) in [6, 6.07) is 21.7. The van der Waals surface area contributed by atoms with Gasteiger partial charge in [-0.05, 0) is 40.6 Å². The van der Waals surface area contributed by atoms with E-state index >= 15 is 0 Å². The van der Waals surface area contributed by atoms with Crippen LogP contribution < -0.4 is 0 Å². The van der Waals surface area contributed by atoms with E-state index in [9.17, 15) is 0 Å². The molecule has 0 amide bonds. The van der Waals surface area contributed by atoms with Gasteiger partial charge in [0.15, 0.2) is 0 Å². The third-order valence-corrected chi connectivity index (χ3v) is 13.7. The molecule has 0 N–H and O–H groups in total. The van der Waals surface area contributed by atoms with Crippen molar-refractivity contribution in [2.24, 2.45) is 38.9 Å². The Kier molecular flexibility index (Phi) is 17.5. The summed E-state index contributed by atoms with van der Waals surface area (Å²) in [6.07, 6.45) is 18.9. The fourth-order valence-corrected chi connectivity index (χ4v) is 9.36. The van der Waals surface area contributed by atoms with Gasteiger partial charge in [-0.2, -0.15) is 59.2 Å². The standard InChI is InChI=1S/C29H37.C12H19.C6H5.CH3.CH2.2ClH.Zr/c1-18-25-22-17-19-13-9-10-14-20(19)24(22)21-15-11-12-16-23(21)29(25,8)28(6,7)27(4,5)26(18,2)3;1-5-6-10-7-8-11(9-10)12(2,3)4;1-2-4-6-5-3-1;;;;;/h9-11,13-15,23H,12,16-17H2,1-8H3;8-10H,5-6H2,1-4H3;1-5H;1H3;1H2;2*1H;/q4*-1;;;;. The maximum absolute atomic E-state index is 3.40. The van der Waals surface area contributed by atoms with Crippen LogP contribution in [0.15, 0.2) is 101 Å². The topological polar surface area (TPSA) is 0 Å². The Morgan fingerprint density at radius 3 is 2.04 bits per heavy atom. The summed E-state index contributed by atoms with van der Waals surface area (Å²) in [5.74, 6) is 2.83. The van der Waals surface area contributed by atoms with E-state index in [1.807, 2.05) is 30.3 Å². The second-order valence-corrected chi connectivity index (χ2v) is 17.4. The third-order valence-electron chi connectivity index (χ3n) is 13.7. The van der Waals surface area contributed by atoms with Crippen LogP contribution in [0.1, 0.15) is 120 Å². The van der Waals surface area contributed by atoms with Gasteiger partial charge in [0.1, 0.15) is 0 Å². The Labute approximate surface area is 348 Å². The molecule has 0 saturated heterocycles. The molecule has 2 aromatic rings. The molecule has 0 radical (unpaired) electrons. The van der Waals surface area contributed by atoms with Crippen molar-refractivity contribution in [1.29, 1.82) is 0 Å². The largest absolute Gasteiger partial charge is 0.358 e. The zero-order chi connectivity index (χ0) is 36.4. The van der Waals surface area contributed by atoms with Crippen LogP contribution in [0.5, 0.6) is 0 Å².